The summed E-state index contributed by atoms with van der Waals surface area (Å²) in [6.45, 7) is 4.46. The minimum Gasteiger partial charge on any atom is -0.508 e. The SMILES string of the molecule is COC(=O)CCNC(C)c1cc(C)ccc1O. The molecule has 0 spiro atoms. The normalized spacial score (nSPS) is 12.2. The van der Waals surface area contributed by atoms with Crippen LogP contribution >= 0.6 is 0 Å². The second-order valence-corrected chi connectivity index (χ2v) is 4.06. The predicted octanol–water partition coefficient (Wildman–Crippen LogP) is 1.91. The van der Waals surface area contributed by atoms with Crippen molar-refractivity contribution in [2.45, 2.75) is 26.3 Å². The average Bonchev–Trinajstić information content (AvgIpc) is 2.31. The van der Waals surface area contributed by atoms with E-state index in [1.807, 2.05) is 26.0 Å². The average molecular weight is 237 g/mol. The standard InChI is InChI=1S/C13H19NO3/c1-9-4-5-12(15)11(8-9)10(2)14-7-6-13(16)17-3/h4-5,8,10,14-15H,6-7H2,1-3H3. The minimum absolute atomic E-state index is 0.000411. The van der Waals surface area contributed by atoms with Crippen molar-refractivity contribution in [1.82, 2.24) is 5.32 Å². The highest BCUT2D eigenvalue weighted by molar-refractivity contribution is 5.69. The Morgan fingerprint density at radius 1 is 1.53 bits per heavy atom. The molecule has 1 aromatic carbocycles. The van der Waals surface area contributed by atoms with Gasteiger partial charge in [0.2, 0.25) is 0 Å². The molecule has 4 nitrogen and oxygen atoms in total. The van der Waals surface area contributed by atoms with Crippen molar-refractivity contribution in [3.05, 3.63) is 29.3 Å². The number of carbonyl (C=O) groups excluding carboxylic acids is 1. The lowest BCUT2D eigenvalue weighted by Gasteiger charge is -2.15. The molecule has 0 bridgehead atoms. The Morgan fingerprint density at radius 2 is 2.24 bits per heavy atom. The second-order valence-electron chi connectivity index (χ2n) is 4.06. The molecule has 0 aromatic heterocycles. The van der Waals surface area contributed by atoms with E-state index in [2.05, 4.69) is 10.1 Å². The summed E-state index contributed by atoms with van der Waals surface area (Å²) in [6.07, 6.45) is 0.327. The molecule has 1 rings (SSSR count). The number of carbonyl (C=O) groups is 1. The van der Waals surface area contributed by atoms with Gasteiger partial charge in [-0.05, 0) is 19.9 Å². The molecule has 1 aromatic rings. The Balaban J connectivity index is 2.54. The summed E-state index contributed by atoms with van der Waals surface area (Å²) in [4.78, 5) is 10.9. The van der Waals surface area contributed by atoms with Gasteiger partial charge in [-0.1, -0.05) is 17.7 Å². The molecule has 0 aliphatic carbocycles. The molecule has 0 heterocycles. The quantitative estimate of drug-likeness (QED) is 0.768. The highest BCUT2D eigenvalue weighted by Crippen LogP contribution is 2.24. The lowest BCUT2D eigenvalue weighted by molar-refractivity contribution is -0.140. The van der Waals surface area contributed by atoms with E-state index < -0.39 is 0 Å². The topological polar surface area (TPSA) is 58.6 Å². The molecule has 94 valence electrons. The summed E-state index contributed by atoms with van der Waals surface area (Å²) in [5.41, 5.74) is 1.94. The number of hydrogen-bond acceptors (Lipinski definition) is 4. The molecule has 0 saturated carbocycles. The van der Waals surface area contributed by atoms with E-state index in [0.717, 1.165) is 11.1 Å². The van der Waals surface area contributed by atoms with Crippen LogP contribution in [0.2, 0.25) is 0 Å². The van der Waals surface area contributed by atoms with Gasteiger partial charge < -0.3 is 15.2 Å². The first-order chi connectivity index (χ1) is 8.04. The van der Waals surface area contributed by atoms with Crippen LogP contribution in [0.1, 0.15) is 30.5 Å². The molecule has 17 heavy (non-hydrogen) atoms. The highest BCUT2D eigenvalue weighted by atomic mass is 16.5. The van der Waals surface area contributed by atoms with Crippen molar-refractivity contribution in [2.24, 2.45) is 0 Å². The zero-order valence-corrected chi connectivity index (χ0v) is 10.5. The molecule has 0 amide bonds. The van der Waals surface area contributed by atoms with Crippen molar-refractivity contribution < 1.29 is 14.6 Å². The van der Waals surface area contributed by atoms with Crippen LogP contribution < -0.4 is 5.32 Å². The third kappa shape index (κ3) is 4.07. The summed E-state index contributed by atoms with van der Waals surface area (Å²) in [7, 11) is 1.37. The van der Waals surface area contributed by atoms with Crippen LogP contribution in [-0.2, 0) is 9.53 Å². The van der Waals surface area contributed by atoms with Crippen LogP contribution in [0.15, 0.2) is 18.2 Å². The molecular weight excluding hydrogens is 218 g/mol. The smallest absolute Gasteiger partial charge is 0.306 e. The second kappa shape index (κ2) is 6.25. The third-order valence-electron chi connectivity index (χ3n) is 2.66. The van der Waals surface area contributed by atoms with Crippen molar-refractivity contribution in [2.75, 3.05) is 13.7 Å². The van der Waals surface area contributed by atoms with E-state index in [1.165, 1.54) is 7.11 Å². The number of aromatic hydroxyl groups is 1. The van der Waals surface area contributed by atoms with Crippen molar-refractivity contribution in [3.8, 4) is 5.75 Å². The highest BCUT2D eigenvalue weighted by Gasteiger charge is 2.10. The molecule has 0 radical (unpaired) electrons. The van der Waals surface area contributed by atoms with Gasteiger partial charge in [-0.25, -0.2) is 0 Å². The summed E-state index contributed by atoms with van der Waals surface area (Å²) >= 11 is 0. The van der Waals surface area contributed by atoms with E-state index in [-0.39, 0.29) is 17.8 Å². The number of rotatable bonds is 5. The van der Waals surface area contributed by atoms with Gasteiger partial charge in [0.15, 0.2) is 0 Å². The monoisotopic (exact) mass is 237 g/mol. The number of hydrogen-bond donors (Lipinski definition) is 2. The number of aryl methyl sites for hydroxylation is 1. The number of methoxy groups -OCH3 is 1. The maximum absolute atomic E-state index is 10.9. The van der Waals surface area contributed by atoms with Gasteiger partial charge in [-0.2, -0.15) is 0 Å². The first-order valence-electron chi connectivity index (χ1n) is 5.64. The number of ether oxygens (including phenoxy) is 1. The molecule has 2 N–H and O–H groups in total. The number of esters is 1. The number of phenols is 1. The van der Waals surface area contributed by atoms with Crippen molar-refractivity contribution in [1.29, 1.82) is 0 Å². The fourth-order valence-electron chi connectivity index (χ4n) is 1.62. The van der Waals surface area contributed by atoms with Crippen LogP contribution in [0.5, 0.6) is 5.75 Å². The summed E-state index contributed by atoms with van der Waals surface area (Å²) in [5, 5.41) is 12.9. The summed E-state index contributed by atoms with van der Waals surface area (Å²) in [6, 6.07) is 5.48. The summed E-state index contributed by atoms with van der Waals surface area (Å²) < 4.78 is 4.55. The Kier molecular flexibility index (Phi) is 4.97. The fourth-order valence-corrected chi connectivity index (χ4v) is 1.62. The maximum atomic E-state index is 10.9. The molecule has 1 atom stereocenters. The molecule has 1 unspecified atom stereocenters. The van der Waals surface area contributed by atoms with Crippen LogP contribution in [0.4, 0.5) is 0 Å². The lowest BCUT2D eigenvalue weighted by Crippen LogP contribution is -2.22. The number of nitrogens with one attached hydrogen (secondary N) is 1. The Labute approximate surface area is 102 Å². The van der Waals surface area contributed by atoms with E-state index in [0.29, 0.717) is 13.0 Å². The molecule has 0 aliphatic rings. The summed E-state index contributed by atoms with van der Waals surface area (Å²) in [5.74, 6) is 0.0341. The lowest BCUT2D eigenvalue weighted by atomic mass is 10.0. The Bertz CT molecular complexity index is 390. The van der Waals surface area contributed by atoms with Crippen molar-refractivity contribution in [3.63, 3.8) is 0 Å². The molecule has 0 saturated heterocycles. The van der Waals surface area contributed by atoms with Crippen LogP contribution in [0.3, 0.4) is 0 Å². The van der Waals surface area contributed by atoms with E-state index in [1.54, 1.807) is 6.07 Å². The van der Waals surface area contributed by atoms with Gasteiger partial charge in [0.25, 0.3) is 0 Å². The predicted molar refractivity (Wildman–Crippen MR) is 65.9 cm³/mol. The number of benzene rings is 1. The largest absolute Gasteiger partial charge is 0.508 e. The molecule has 4 heteroatoms. The van der Waals surface area contributed by atoms with E-state index in [9.17, 15) is 9.90 Å². The fraction of sp³-hybridized carbons (Fsp3) is 0.462. The molecule has 0 fully saturated rings. The first kappa shape index (κ1) is 13.5. The van der Waals surface area contributed by atoms with Crippen LogP contribution in [0.25, 0.3) is 0 Å². The minimum atomic E-state index is -0.238. The van der Waals surface area contributed by atoms with Gasteiger partial charge in [0.1, 0.15) is 5.75 Å². The van der Waals surface area contributed by atoms with Gasteiger partial charge >= 0.3 is 5.97 Å². The van der Waals surface area contributed by atoms with Gasteiger partial charge in [0.05, 0.1) is 13.5 Å². The van der Waals surface area contributed by atoms with Crippen molar-refractivity contribution >= 4 is 5.97 Å². The Morgan fingerprint density at radius 3 is 2.88 bits per heavy atom. The third-order valence-corrected chi connectivity index (χ3v) is 2.66. The van der Waals surface area contributed by atoms with Gasteiger partial charge in [0, 0.05) is 18.2 Å². The van der Waals surface area contributed by atoms with Crippen LogP contribution in [0, 0.1) is 6.92 Å². The van der Waals surface area contributed by atoms with Gasteiger partial charge in [-0.15, -0.1) is 0 Å². The number of phenolic OH excluding ortho intramolecular Hbond substituents is 1. The van der Waals surface area contributed by atoms with E-state index in [4.69, 9.17) is 0 Å². The zero-order chi connectivity index (χ0) is 12.8. The molecule has 0 aliphatic heterocycles. The zero-order valence-electron chi connectivity index (χ0n) is 10.5. The van der Waals surface area contributed by atoms with Crippen LogP contribution in [-0.4, -0.2) is 24.7 Å². The van der Waals surface area contributed by atoms with E-state index >= 15 is 0 Å². The maximum Gasteiger partial charge on any atom is 0.306 e. The Hall–Kier alpha value is -1.55. The molecular formula is C13H19NO3. The van der Waals surface area contributed by atoms with Gasteiger partial charge in [-0.3, -0.25) is 4.79 Å². The first-order valence-corrected chi connectivity index (χ1v) is 5.64.